The Labute approximate surface area is 148 Å². The Morgan fingerprint density at radius 3 is 2.57 bits per heavy atom. The van der Waals surface area contributed by atoms with E-state index in [0.29, 0.717) is 10.0 Å². The van der Waals surface area contributed by atoms with Gasteiger partial charge in [-0.2, -0.15) is 0 Å². The maximum absolute atomic E-state index is 10.1. The van der Waals surface area contributed by atoms with E-state index in [4.69, 9.17) is 9.15 Å². The molecule has 0 bridgehead atoms. The van der Waals surface area contributed by atoms with Gasteiger partial charge >= 0.3 is 6.01 Å². The summed E-state index contributed by atoms with van der Waals surface area (Å²) < 4.78 is 12.0. The molecule has 0 atom stereocenters. The lowest BCUT2D eigenvalue weighted by Gasteiger charge is -2.04. The second kappa shape index (κ2) is 6.59. The number of ether oxygens (including phenoxy) is 1. The molecule has 0 amide bonds. The quantitative estimate of drug-likeness (QED) is 0.610. The Bertz CT molecular complexity index is 834. The molecule has 0 spiro atoms. The van der Waals surface area contributed by atoms with Crippen molar-refractivity contribution in [2.75, 3.05) is 12.4 Å². The van der Waals surface area contributed by atoms with E-state index in [2.05, 4.69) is 47.4 Å². The van der Waals surface area contributed by atoms with Crippen LogP contribution in [0.15, 0.2) is 49.8 Å². The van der Waals surface area contributed by atoms with Crippen molar-refractivity contribution in [2.45, 2.75) is 0 Å². The second-order valence-electron chi connectivity index (χ2n) is 4.55. The highest BCUT2D eigenvalue weighted by atomic mass is 79.9. The van der Waals surface area contributed by atoms with Crippen molar-refractivity contribution in [3.8, 4) is 23.0 Å². The molecule has 8 heteroatoms. The summed E-state index contributed by atoms with van der Waals surface area (Å²) in [5, 5.41) is 21.0. The van der Waals surface area contributed by atoms with Crippen LogP contribution >= 0.6 is 31.9 Å². The van der Waals surface area contributed by atoms with Crippen LogP contribution < -0.4 is 10.1 Å². The lowest BCUT2D eigenvalue weighted by Crippen LogP contribution is -1.90. The van der Waals surface area contributed by atoms with Crippen LogP contribution in [0.4, 0.5) is 11.7 Å². The molecule has 0 saturated carbocycles. The molecule has 1 aromatic heterocycles. The highest BCUT2D eigenvalue weighted by molar-refractivity contribution is 9.11. The number of phenols is 1. The number of nitrogens with one attached hydrogen (secondary N) is 1. The summed E-state index contributed by atoms with van der Waals surface area (Å²) >= 11 is 6.63. The number of methoxy groups -OCH3 is 1. The first-order valence-corrected chi connectivity index (χ1v) is 8.08. The summed E-state index contributed by atoms with van der Waals surface area (Å²) in [6.45, 7) is 0. The zero-order valence-electron chi connectivity index (χ0n) is 11.9. The molecule has 3 aromatic rings. The van der Waals surface area contributed by atoms with Gasteiger partial charge in [-0.25, -0.2) is 0 Å². The number of aromatic nitrogens is 2. The molecule has 23 heavy (non-hydrogen) atoms. The Kier molecular flexibility index (Phi) is 4.53. The predicted octanol–water partition coefficient (Wildman–Crippen LogP) is 4.72. The van der Waals surface area contributed by atoms with Gasteiger partial charge in [0, 0.05) is 10.2 Å². The van der Waals surface area contributed by atoms with Gasteiger partial charge in [-0.15, -0.1) is 5.10 Å². The molecule has 0 aliphatic carbocycles. The van der Waals surface area contributed by atoms with Gasteiger partial charge in [0.2, 0.25) is 0 Å². The molecular weight excluding hydrogens is 430 g/mol. The highest BCUT2D eigenvalue weighted by Crippen LogP contribution is 2.38. The van der Waals surface area contributed by atoms with Crippen LogP contribution in [0.3, 0.4) is 0 Å². The first kappa shape index (κ1) is 15.8. The normalized spacial score (nSPS) is 10.6. The Balaban J connectivity index is 1.85. The molecule has 118 valence electrons. The van der Waals surface area contributed by atoms with Gasteiger partial charge in [0.05, 0.1) is 17.1 Å². The van der Waals surface area contributed by atoms with Crippen LogP contribution in [0.2, 0.25) is 0 Å². The number of rotatable bonds is 4. The van der Waals surface area contributed by atoms with Crippen molar-refractivity contribution >= 4 is 43.6 Å². The lowest BCUT2D eigenvalue weighted by atomic mass is 10.2. The predicted molar refractivity (Wildman–Crippen MR) is 93.1 cm³/mol. The molecule has 0 aliphatic rings. The van der Waals surface area contributed by atoms with E-state index in [9.17, 15) is 5.11 Å². The van der Waals surface area contributed by atoms with Gasteiger partial charge in [-0.05, 0) is 52.3 Å². The van der Waals surface area contributed by atoms with Crippen molar-refractivity contribution < 1.29 is 14.3 Å². The summed E-state index contributed by atoms with van der Waals surface area (Å²) in [5.74, 6) is 0.999. The maximum atomic E-state index is 10.1. The van der Waals surface area contributed by atoms with E-state index in [1.807, 2.05) is 24.3 Å². The fourth-order valence-corrected chi connectivity index (χ4v) is 3.13. The number of anilines is 2. The van der Waals surface area contributed by atoms with Crippen LogP contribution in [-0.4, -0.2) is 22.4 Å². The number of phenolic OH excluding ortho intramolecular Hbond substituents is 1. The fourth-order valence-electron chi connectivity index (χ4n) is 1.91. The molecule has 3 rings (SSSR count). The molecule has 0 unspecified atom stereocenters. The number of nitrogens with zero attached hydrogens (tertiary/aromatic N) is 2. The van der Waals surface area contributed by atoms with E-state index in [0.717, 1.165) is 15.9 Å². The average molecular weight is 441 g/mol. The van der Waals surface area contributed by atoms with E-state index in [-0.39, 0.29) is 17.7 Å². The number of halogens is 2. The first-order chi connectivity index (χ1) is 11.1. The van der Waals surface area contributed by atoms with Crippen molar-refractivity contribution in [1.29, 1.82) is 0 Å². The van der Waals surface area contributed by atoms with Crippen molar-refractivity contribution in [1.82, 2.24) is 10.2 Å². The van der Waals surface area contributed by atoms with Crippen LogP contribution in [0.5, 0.6) is 11.5 Å². The van der Waals surface area contributed by atoms with E-state index in [1.54, 1.807) is 19.2 Å². The summed E-state index contributed by atoms with van der Waals surface area (Å²) in [4.78, 5) is 0. The SMILES string of the molecule is COc1ccc(Nc2nnc(-c3cc(Br)cc(Br)c3O)o2)cc1. The lowest BCUT2D eigenvalue weighted by molar-refractivity contribution is 0.415. The van der Waals surface area contributed by atoms with E-state index in [1.165, 1.54) is 0 Å². The van der Waals surface area contributed by atoms with Crippen LogP contribution in [0, 0.1) is 0 Å². The minimum Gasteiger partial charge on any atom is -0.506 e. The summed E-state index contributed by atoms with van der Waals surface area (Å²) in [6, 6.07) is 10.9. The largest absolute Gasteiger partial charge is 0.506 e. The standard InChI is InChI=1S/C15H11Br2N3O3/c1-22-10-4-2-9(3-5-10)18-15-20-19-14(23-15)11-6-8(16)7-12(17)13(11)21/h2-7,21H,1H3,(H,18,20). The van der Waals surface area contributed by atoms with Crippen molar-refractivity contribution in [2.24, 2.45) is 0 Å². The number of hydrogen-bond donors (Lipinski definition) is 2. The third-order valence-electron chi connectivity index (χ3n) is 3.02. The van der Waals surface area contributed by atoms with Gasteiger partial charge < -0.3 is 19.6 Å². The summed E-state index contributed by atoms with van der Waals surface area (Å²) in [5.41, 5.74) is 1.21. The molecular formula is C15H11Br2N3O3. The second-order valence-corrected chi connectivity index (χ2v) is 6.32. The monoisotopic (exact) mass is 439 g/mol. The zero-order valence-corrected chi connectivity index (χ0v) is 15.1. The molecule has 1 heterocycles. The van der Waals surface area contributed by atoms with Gasteiger partial charge in [-0.3, -0.25) is 0 Å². The molecule has 2 aromatic carbocycles. The Hall–Kier alpha value is -2.06. The molecule has 0 aliphatic heterocycles. The first-order valence-electron chi connectivity index (χ1n) is 6.50. The van der Waals surface area contributed by atoms with E-state index >= 15 is 0 Å². The van der Waals surface area contributed by atoms with Crippen molar-refractivity contribution in [3.05, 3.63) is 45.3 Å². The van der Waals surface area contributed by atoms with Gasteiger partial charge in [0.15, 0.2) is 0 Å². The molecule has 2 N–H and O–H groups in total. The highest BCUT2D eigenvalue weighted by Gasteiger charge is 2.16. The minimum absolute atomic E-state index is 0.0350. The number of hydrogen-bond acceptors (Lipinski definition) is 6. The van der Waals surface area contributed by atoms with Crippen LogP contribution in [0.1, 0.15) is 0 Å². The third kappa shape index (κ3) is 3.48. The Morgan fingerprint density at radius 1 is 1.13 bits per heavy atom. The summed E-state index contributed by atoms with van der Waals surface area (Å²) in [6.07, 6.45) is 0. The molecule has 0 fully saturated rings. The van der Waals surface area contributed by atoms with E-state index < -0.39 is 0 Å². The van der Waals surface area contributed by atoms with Gasteiger partial charge in [-0.1, -0.05) is 21.0 Å². The topological polar surface area (TPSA) is 80.4 Å². The molecule has 0 saturated heterocycles. The summed E-state index contributed by atoms with van der Waals surface area (Å²) in [7, 11) is 1.61. The average Bonchev–Trinajstić information content (AvgIpc) is 3.00. The van der Waals surface area contributed by atoms with Crippen molar-refractivity contribution in [3.63, 3.8) is 0 Å². The fraction of sp³-hybridized carbons (Fsp3) is 0.0667. The smallest absolute Gasteiger partial charge is 0.320 e. The number of benzene rings is 2. The third-order valence-corrected chi connectivity index (χ3v) is 4.09. The molecule has 0 radical (unpaired) electrons. The number of aromatic hydroxyl groups is 1. The zero-order chi connectivity index (χ0) is 16.4. The maximum Gasteiger partial charge on any atom is 0.320 e. The Morgan fingerprint density at radius 2 is 1.87 bits per heavy atom. The van der Waals surface area contributed by atoms with Crippen LogP contribution in [-0.2, 0) is 0 Å². The van der Waals surface area contributed by atoms with Crippen LogP contribution in [0.25, 0.3) is 11.5 Å². The molecule has 6 nitrogen and oxygen atoms in total. The minimum atomic E-state index is 0.0350. The van der Waals surface area contributed by atoms with Gasteiger partial charge in [0.25, 0.3) is 5.89 Å². The van der Waals surface area contributed by atoms with Gasteiger partial charge in [0.1, 0.15) is 11.5 Å².